The molecule has 1 heterocycles. The van der Waals surface area contributed by atoms with Gasteiger partial charge in [0.05, 0.1) is 23.5 Å². The SMILES string of the molecule is O=C(OC(COc1ccc(F)cc1)Cn1ccnc1)c1ccc(Cl)cc1Cl. The molecular weight excluding hydrogens is 394 g/mol. The Morgan fingerprint density at radius 2 is 1.96 bits per heavy atom. The minimum atomic E-state index is -0.622. The van der Waals surface area contributed by atoms with Crippen molar-refractivity contribution >= 4 is 29.2 Å². The Hall–Kier alpha value is -2.57. The smallest absolute Gasteiger partial charge is 0.340 e. The lowest BCUT2D eigenvalue weighted by Gasteiger charge is -2.19. The Balaban J connectivity index is 1.70. The highest BCUT2D eigenvalue weighted by atomic mass is 35.5. The van der Waals surface area contributed by atoms with Crippen molar-refractivity contribution in [3.63, 3.8) is 0 Å². The quantitative estimate of drug-likeness (QED) is 0.534. The minimum Gasteiger partial charge on any atom is -0.490 e. The lowest BCUT2D eigenvalue weighted by molar-refractivity contribution is 0.0125. The maximum Gasteiger partial charge on any atom is 0.340 e. The summed E-state index contributed by atoms with van der Waals surface area (Å²) in [6.07, 6.45) is 4.35. The number of carbonyl (C=O) groups excluding carboxylic acids is 1. The van der Waals surface area contributed by atoms with Gasteiger partial charge in [0.2, 0.25) is 0 Å². The second-order valence-electron chi connectivity index (χ2n) is 5.68. The predicted molar refractivity (Wildman–Crippen MR) is 99.8 cm³/mol. The highest BCUT2D eigenvalue weighted by Gasteiger charge is 2.20. The van der Waals surface area contributed by atoms with Crippen LogP contribution in [-0.4, -0.2) is 28.2 Å². The summed E-state index contributed by atoms with van der Waals surface area (Å²) < 4.78 is 26.0. The molecule has 0 bridgehead atoms. The molecule has 1 aromatic heterocycles. The summed E-state index contributed by atoms with van der Waals surface area (Å²) >= 11 is 11.9. The normalized spacial score (nSPS) is 11.8. The van der Waals surface area contributed by atoms with Crippen LogP contribution < -0.4 is 4.74 Å². The topological polar surface area (TPSA) is 53.4 Å². The lowest BCUT2D eigenvalue weighted by atomic mass is 10.2. The Bertz CT molecular complexity index is 902. The van der Waals surface area contributed by atoms with E-state index in [1.54, 1.807) is 29.4 Å². The van der Waals surface area contributed by atoms with Crippen LogP contribution >= 0.6 is 23.2 Å². The van der Waals surface area contributed by atoms with Gasteiger partial charge in [0.25, 0.3) is 0 Å². The van der Waals surface area contributed by atoms with Crippen molar-refractivity contribution in [1.82, 2.24) is 9.55 Å². The summed E-state index contributed by atoms with van der Waals surface area (Å²) in [5.74, 6) is -0.488. The molecular formula is C19H15Cl2FN2O3. The fourth-order valence-corrected chi connectivity index (χ4v) is 2.83. The molecule has 0 radical (unpaired) electrons. The number of hydrogen-bond donors (Lipinski definition) is 0. The Labute approximate surface area is 165 Å². The van der Waals surface area contributed by atoms with Gasteiger partial charge in [-0.25, -0.2) is 14.2 Å². The molecule has 0 aliphatic heterocycles. The van der Waals surface area contributed by atoms with Crippen LogP contribution in [0, 0.1) is 5.82 Å². The molecule has 5 nitrogen and oxygen atoms in total. The first-order chi connectivity index (χ1) is 13.0. The number of hydrogen-bond acceptors (Lipinski definition) is 4. The van der Waals surface area contributed by atoms with Gasteiger partial charge >= 0.3 is 5.97 Å². The molecule has 27 heavy (non-hydrogen) atoms. The molecule has 0 aliphatic carbocycles. The van der Waals surface area contributed by atoms with E-state index in [0.717, 1.165) is 0 Å². The summed E-state index contributed by atoms with van der Waals surface area (Å²) in [6.45, 7) is 0.402. The number of esters is 1. The van der Waals surface area contributed by atoms with Gasteiger partial charge in [0.1, 0.15) is 18.2 Å². The maximum atomic E-state index is 13.0. The molecule has 3 rings (SSSR count). The third-order valence-corrected chi connectivity index (χ3v) is 4.20. The van der Waals surface area contributed by atoms with Gasteiger partial charge in [-0.2, -0.15) is 0 Å². The van der Waals surface area contributed by atoms with Crippen molar-refractivity contribution in [3.8, 4) is 5.75 Å². The highest BCUT2D eigenvalue weighted by molar-refractivity contribution is 6.36. The molecule has 0 aliphatic rings. The third kappa shape index (κ3) is 5.45. The van der Waals surface area contributed by atoms with Crippen LogP contribution in [0.5, 0.6) is 5.75 Å². The number of rotatable bonds is 7. The van der Waals surface area contributed by atoms with Gasteiger partial charge in [-0.3, -0.25) is 0 Å². The standard InChI is InChI=1S/C19H15Cl2FN2O3/c20-13-1-6-17(18(21)9-13)19(25)27-16(10-24-8-7-23-12-24)11-26-15-4-2-14(22)3-5-15/h1-9,12,16H,10-11H2. The number of carbonyl (C=O) groups is 1. The Kier molecular flexibility index (Phi) is 6.32. The van der Waals surface area contributed by atoms with Crippen LogP contribution in [0.4, 0.5) is 4.39 Å². The zero-order valence-electron chi connectivity index (χ0n) is 14.0. The number of imidazole rings is 1. The van der Waals surface area contributed by atoms with Crippen LogP contribution in [-0.2, 0) is 11.3 Å². The molecule has 8 heteroatoms. The van der Waals surface area contributed by atoms with Crippen molar-refractivity contribution in [2.75, 3.05) is 6.61 Å². The van der Waals surface area contributed by atoms with Crippen LogP contribution in [0.1, 0.15) is 10.4 Å². The molecule has 0 N–H and O–H groups in total. The highest BCUT2D eigenvalue weighted by Crippen LogP contribution is 2.22. The molecule has 0 spiro atoms. The predicted octanol–water partition coefficient (Wildman–Crippen LogP) is 4.63. The van der Waals surface area contributed by atoms with Crippen LogP contribution in [0.15, 0.2) is 61.2 Å². The average Bonchev–Trinajstić information content (AvgIpc) is 3.14. The van der Waals surface area contributed by atoms with E-state index in [0.29, 0.717) is 17.3 Å². The molecule has 140 valence electrons. The second-order valence-corrected chi connectivity index (χ2v) is 6.52. The minimum absolute atomic E-state index is 0.0702. The molecule has 2 aromatic carbocycles. The summed E-state index contributed by atoms with van der Waals surface area (Å²) in [4.78, 5) is 16.5. The first-order valence-electron chi connectivity index (χ1n) is 8.01. The molecule has 0 amide bonds. The van der Waals surface area contributed by atoms with Gasteiger partial charge in [-0.05, 0) is 42.5 Å². The molecule has 0 fully saturated rings. The van der Waals surface area contributed by atoms with E-state index in [1.807, 2.05) is 0 Å². The summed E-state index contributed by atoms with van der Waals surface area (Å²) in [5.41, 5.74) is 0.207. The van der Waals surface area contributed by atoms with Crippen molar-refractivity contribution < 1.29 is 18.7 Å². The first-order valence-corrected chi connectivity index (χ1v) is 8.77. The molecule has 3 aromatic rings. The van der Waals surface area contributed by atoms with E-state index in [9.17, 15) is 9.18 Å². The van der Waals surface area contributed by atoms with Crippen LogP contribution in [0.25, 0.3) is 0 Å². The Morgan fingerprint density at radius 1 is 1.19 bits per heavy atom. The molecule has 1 atom stereocenters. The Morgan fingerprint density at radius 3 is 2.63 bits per heavy atom. The van der Waals surface area contributed by atoms with Gasteiger partial charge < -0.3 is 14.0 Å². The van der Waals surface area contributed by atoms with Crippen molar-refractivity contribution in [1.29, 1.82) is 0 Å². The number of nitrogens with zero attached hydrogens (tertiary/aromatic N) is 2. The molecule has 1 unspecified atom stereocenters. The first kappa shape index (κ1) is 19.2. The van der Waals surface area contributed by atoms with Gasteiger partial charge in [0.15, 0.2) is 6.10 Å². The van der Waals surface area contributed by atoms with Crippen molar-refractivity contribution in [2.24, 2.45) is 0 Å². The fourth-order valence-electron chi connectivity index (χ4n) is 2.34. The van der Waals surface area contributed by atoms with Crippen molar-refractivity contribution in [2.45, 2.75) is 12.6 Å². The van der Waals surface area contributed by atoms with Crippen LogP contribution in [0.3, 0.4) is 0 Å². The van der Waals surface area contributed by atoms with E-state index in [1.165, 1.54) is 36.4 Å². The third-order valence-electron chi connectivity index (χ3n) is 3.65. The molecule has 0 saturated heterocycles. The number of halogens is 3. The summed E-state index contributed by atoms with van der Waals surface area (Å²) in [6, 6.07) is 10.1. The van der Waals surface area contributed by atoms with E-state index in [2.05, 4.69) is 4.98 Å². The zero-order valence-corrected chi connectivity index (χ0v) is 15.5. The van der Waals surface area contributed by atoms with Crippen molar-refractivity contribution in [3.05, 3.63) is 82.6 Å². The largest absolute Gasteiger partial charge is 0.490 e. The van der Waals surface area contributed by atoms with Crippen LogP contribution in [0.2, 0.25) is 10.0 Å². The second kappa shape index (κ2) is 8.88. The summed E-state index contributed by atoms with van der Waals surface area (Å²) in [7, 11) is 0. The number of aromatic nitrogens is 2. The number of ether oxygens (including phenoxy) is 2. The summed E-state index contributed by atoms with van der Waals surface area (Å²) in [5, 5.41) is 0.625. The van der Waals surface area contributed by atoms with E-state index >= 15 is 0 Å². The average molecular weight is 409 g/mol. The fraction of sp³-hybridized carbons (Fsp3) is 0.158. The van der Waals surface area contributed by atoms with Gasteiger partial charge in [0, 0.05) is 17.4 Å². The van der Waals surface area contributed by atoms with E-state index in [4.69, 9.17) is 32.7 Å². The molecule has 0 saturated carbocycles. The van der Waals surface area contributed by atoms with Gasteiger partial charge in [-0.15, -0.1) is 0 Å². The lowest BCUT2D eigenvalue weighted by Crippen LogP contribution is -2.29. The van der Waals surface area contributed by atoms with E-state index in [-0.39, 0.29) is 23.0 Å². The number of benzene rings is 2. The monoisotopic (exact) mass is 408 g/mol. The van der Waals surface area contributed by atoms with Gasteiger partial charge in [-0.1, -0.05) is 23.2 Å². The zero-order chi connectivity index (χ0) is 19.2. The maximum absolute atomic E-state index is 13.0. The van der Waals surface area contributed by atoms with E-state index < -0.39 is 12.1 Å².